The highest BCUT2D eigenvalue weighted by atomic mass is 16.3. The van der Waals surface area contributed by atoms with E-state index in [-0.39, 0.29) is 6.10 Å². The minimum atomic E-state index is -0.217. The van der Waals surface area contributed by atoms with E-state index < -0.39 is 0 Å². The quantitative estimate of drug-likeness (QED) is 0.884. The van der Waals surface area contributed by atoms with E-state index in [1.165, 1.54) is 22.9 Å². The first-order chi connectivity index (χ1) is 9.25. The third-order valence-electron chi connectivity index (χ3n) is 4.31. The van der Waals surface area contributed by atoms with E-state index in [1.54, 1.807) is 0 Å². The van der Waals surface area contributed by atoms with Crippen molar-refractivity contribution in [2.75, 3.05) is 13.1 Å². The van der Waals surface area contributed by atoms with Crippen LogP contribution in [0.15, 0.2) is 30.5 Å². The Bertz CT molecular complexity index is 546. The maximum atomic E-state index is 9.80. The maximum absolute atomic E-state index is 9.80. The first kappa shape index (κ1) is 12.7. The number of benzene rings is 1. The maximum Gasteiger partial charge on any atom is 0.0667 e. The number of aromatic nitrogens is 1. The minimum absolute atomic E-state index is 0.217. The monoisotopic (exact) mass is 258 g/mol. The second-order valence-corrected chi connectivity index (χ2v) is 5.60. The van der Waals surface area contributed by atoms with Gasteiger partial charge in [0, 0.05) is 29.7 Å². The normalized spacial score (nSPS) is 22.1. The van der Waals surface area contributed by atoms with Gasteiger partial charge >= 0.3 is 0 Å². The van der Waals surface area contributed by atoms with E-state index in [9.17, 15) is 5.11 Å². The molecule has 1 aliphatic heterocycles. The molecule has 1 aliphatic rings. The molecule has 2 N–H and O–H groups in total. The number of aliphatic hydroxyl groups excluding tert-OH is 1. The van der Waals surface area contributed by atoms with E-state index in [0.717, 1.165) is 25.9 Å². The van der Waals surface area contributed by atoms with Crippen molar-refractivity contribution in [1.29, 1.82) is 0 Å². The average molecular weight is 258 g/mol. The number of nitrogens with one attached hydrogen (secondary N) is 1. The standard InChI is InChI=1S/C16H22N2O/c1-12(19)16-7-4-9-18(16)10-8-13-11-17-15-6-3-2-5-14(13)15/h2-3,5-6,11-12,16-17,19H,4,7-10H2,1H3/t12-,16-/m0/s1. The Labute approximate surface area is 114 Å². The third kappa shape index (κ3) is 2.53. The lowest BCUT2D eigenvalue weighted by Crippen LogP contribution is -2.38. The van der Waals surface area contributed by atoms with Crippen LogP contribution in [0.3, 0.4) is 0 Å². The van der Waals surface area contributed by atoms with Gasteiger partial charge in [0.15, 0.2) is 0 Å². The first-order valence-corrected chi connectivity index (χ1v) is 7.23. The lowest BCUT2D eigenvalue weighted by atomic mass is 10.1. The summed E-state index contributed by atoms with van der Waals surface area (Å²) in [4.78, 5) is 5.77. The van der Waals surface area contributed by atoms with Crippen LogP contribution in [0.5, 0.6) is 0 Å². The predicted octanol–water partition coefficient (Wildman–Crippen LogP) is 2.56. The van der Waals surface area contributed by atoms with Crippen LogP contribution in [-0.4, -0.2) is 40.2 Å². The zero-order chi connectivity index (χ0) is 13.2. The summed E-state index contributed by atoms with van der Waals surface area (Å²) in [6, 6.07) is 8.80. The molecule has 0 radical (unpaired) electrons. The van der Waals surface area contributed by atoms with Crippen molar-refractivity contribution in [1.82, 2.24) is 9.88 Å². The van der Waals surface area contributed by atoms with Crippen molar-refractivity contribution in [2.45, 2.75) is 38.3 Å². The zero-order valence-corrected chi connectivity index (χ0v) is 11.5. The number of hydrogen-bond acceptors (Lipinski definition) is 2. The SMILES string of the molecule is C[C@H](O)[C@@H]1CCCN1CCc1c[nH]c2ccccc12. The summed E-state index contributed by atoms with van der Waals surface area (Å²) in [5.41, 5.74) is 2.60. The van der Waals surface area contributed by atoms with Crippen molar-refractivity contribution in [3.8, 4) is 0 Å². The van der Waals surface area contributed by atoms with Gasteiger partial charge in [-0.05, 0) is 44.4 Å². The topological polar surface area (TPSA) is 39.3 Å². The number of aliphatic hydroxyl groups is 1. The smallest absolute Gasteiger partial charge is 0.0667 e. The Morgan fingerprint density at radius 3 is 3.11 bits per heavy atom. The lowest BCUT2D eigenvalue weighted by Gasteiger charge is -2.26. The van der Waals surface area contributed by atoms with Gasteiger partial charge in [-0.3, -0.25) is 4.90 Å². The third-order valence-corrected chi connectivity index (χ3v) is 4.31. The van der Waals surface area contributed by atoms with E-state index in [2.05, 4.69) is 40.3 Å². The number of nitrogens with zero attached hydrogens (tertiary/aromatic N) is 1. The Balaban J connectivity index is 1.69. The Morgan fingerprint density at radius 2 is 2.26 bits per heavy atom. The molecule has 3 heteroatoms. The number of fused-ring (bicyclic) bond motifs is 1. The molecule has 19 heavy (non-hydrogen) atoms. The molecule has 0 saturated carbocycles. The van der Waals surface area contributed by atoms with Crippen LogP contribution in [0.1, 0.15) is 25.3 Å². The molecule has 0 unspecified atom stereocenters. The van der Waals surface area contributed by atoms with Gasteiger partial charge < -0.3 is 10.1 Å². The molecule has 0 amide bonds. The van der Waals surface area contributed by atoms with E-state index in [0.29, 0.717) is 6.04 Å². The summed E-state index contributed by atoms with van der Waals surface area (Å²) in [5.74, 6) is 0. The van der Waals surface area contributed by atoms with Gasteiger partial charge in [-0.25, -0.2) is 0 Å². The highest BCUT2D eigenvalue weighted by molar-refractivity contribution is 5.83. The molecule has 2 aromatic rings. The molecular weight excluding hydrogens is 236 g/mol. The van der Waals surface area contributed by atoms with Crippen LogP contribution in [0, 0.1) is 0 Å². The molecule has 0 bridgehead atoms. The van der Waals surface area contributed by atoms with Crippen molar-refractivity contribution in [3.63, 3.8) is 0 Å². The molecule has 1 saturated heterocycles. The molecule has 1 aromatic carbocycles. The lowest BCUT2D eigenvalue weighted by molar-refractivity contribution is 0.0874. The molecule has 2 atom stereocenters. The molecule has 1 fully saturated rings. The van der Waals surface area contributed by atoms with Gasteiger partial charge in [-0.2, -0.15) is 0 Å². The molecular formula is C16H22N2O. The summed E-state index contributed by atoms with van der Waals surface area (Å²) in [6.07, 6.45) is 5.30. The van der Waals surface area contributed by atoms with Gasteiger partial charge in [0.05, 0.1) is 6.10 Å². The summed E-state index contributed by atoms with van der Waals surface area (Å²) in [7, 11) is 0. The van der Waals surface area contributed by atoms with E-state index in [4.69, 9.17) is 0 Å². The molecule has 0 spiro atoms. The summed E-state index contributed by atoms with van der Waals surface area (Å²) >= 11 is 0. The second-order valence-electron chi connectivity index (χ2n) is 5.60. The highest BCUT2D eigenvalue weighted by Gasteiger charge is 2.27. The fraction of sp³-hybridized carbons (Fsp3) is 0.500. The summed E-state index contributed by atoms with van der Waals surface area (Å²) < 4.78 is 0. The average Bonchev–Trinajstić information content (AvgIpc) is 3.03. The molecule has 102 valence electrons. The largest absolute Gasteiger partial charge is 0.392 e. The molecule has 2 heterocycles. The second kappa shape index (κ2) is 5.35. The van der Waals surface area contributed by atoms with Crippen LogP contribution < -0.4 is 0 Å². The van der Waals surface area contributed by atoms with Crippen LogP contribution in [-0.2, 0) is 6.42 Å². The molecule has 1 aromatic heterocycles. The Kier molecular flexibility index (Phi) is 3.58. The van der Waals surface area contributed by atoms with Crippen molar-refractivity contribution in [2.24, 2.45) is 0 Å². The Hall–Kier alpha value is -1.32. The van der Waals surface area contributed by atoms with Crippen molar-refractivity contribution >= 4 is 10.9 Å². The van der Waals surface area contributed by atoms with Gasteiger partial charge in [-0.1, -0.05) is 18.2 Å². The van der Waals surface area contributed by atoms with Crippen LogP contribution in [0.4, 0.5) is 0 Å². The van der Waals surface area contributed by atoms with E-state index >= 15 is 0 Å². The fourth-order valence-electron chi connectivity index (χ4n) is 3.28. The van der Waals surface area contributed by atoms with Gasteiger partial charge in [0.25, 0.3) is 0 Å². The van der Waals surface area contributed by atoms with Gasteiger partial charge in [0.1, 0.15) is 0 Å². The first-order valence-electron chi connectivity index (χ1n) is 7.23. The van der Waals surface area contributed by atoms with Crippen molar-refractivity contribution in [3.05, 3.63) is 36.0 Å². The number of hydrogen-bond donors (Lipinski definition) is 2. The van der Waals surface area contributed by atoms with E-state index in [1.807, 2.05) is 6.92 Å². The summed E-state index contributed by atoms with van der Waals surface area (Å²) in [6.45, 7) is 4.07. The number of H-pyrrole nitrogens is 1. The zero-order valence-electron chi connectivity index (χ0n) is 11.5. The minimum Gasteiger partial charge on any atom is -0.392 e. The van der Waals surface area contributed by atoms with Crippen LogP contribution >= 0.6 is 0 Å². The number of likely N-dealkylation sites (tertiary alicyclic amines) is 1. The van der Waals surface area contributed by atoms with Gasteiger partial charge in [-0.15, -0.1) is 0 Å². The predicted molar refractivity (Wildman–Crippen MR) is 78.3 cm³/mol. The van der Waals surface area contributed by atoms with Crippen LogP contribution in [0.2, 0.25) is 0 Å². The molecule has 3 nitrogen and oxygen atoms in total. The van der Waals surface area contributed by atoms with Crippen LogP contribution in [0.25, 0.3) is 10.9 Å². The van der Waals surface area contributed by atoms with Gasteiger partial charge in [0.2, 0.25) is 0 Å². The fourth-order valence-corrected chi connectivity index (χ4v) is 3.28. The molecule has 3 rings (SSSR count). The Morgan fingerprint density at radius 1 is 1.42 bits per heavy atom. The number of rotatable bonds is 4. The number of aromatic amines is 1. The highest BCUT2D eigenvalue weighted by Crippen LogP contribution is 2.22. The number of para-hydroxylation sites is 1. The molecule has 0 aliphatic carbocycles. The summed E-state index contributed by atoms with van der Waals surface area (Å²) in [5, 5.41) is 11.1. The van der Waals surface area contributed by atoms with Crippen molar-refractivity contribution < 1.29 is 5.11 Å².